The standard InChI is InChI=1S/C10H13NO2S/c1-6-3-4-9(13-6)10(12)8-5-14-7(2)11-8/h5-6,9H,3-4H2,1-2H3. The second-order valence-electron chi connectivity index (χ2n) is 3.63. The van der Waals surface area contributed by atoms with Crippen LogP contribution in [0.15, 0.2) is 5.38 Å². The summed E-state index contributed by atoms with van der Waals surface area (Å²) in [5.74, 6) is 0.0405. The molecule has 3 nitrogen and oxygen atoms in total. The minimum Gasteiger partial charge on any atom is -0.367 e. The summed E-state index contributed by atoms with van der Waals surface area (Å²) in [6.45, 7) is 3.90. The fraction of sp³-hybridized carbons (Fsp3) is 0.600. The molecule has 1 aliphatic rings. The number of aryl methyl sites for hydroxylation is 1. The molecule has 0 aromatic carbocycles. The molecule has 0 saturated carbocycles. The van der Waals surface area contributed by atoms with Gasteiger partial charge in [-0.1, -0.05) is 0 Å². The highest BCUT2D eigenvalue weighted by atomic mass is 32.1. The molecule has 1 saturated heterocycles. The lowest BCUT2D eigenvalue weighted by Gasteiger charge is -2.07. The number of hydrogen-bond donors (Lipinski definition) is 0. The van der Waals surface area contributed by atoms with Crippen LogP contribution in [0.25, 0.3) is 0 Å². The molecule has 2 heterocycles. The van der Waals surface area contributed by atoms with Gasteiger partial charge in [0.1, 0.15) is 11.8 Å². The van der Waals surface area contributed by atoms with Gasteiger partial charge >= 0.3 is 0 Å². The Hall–Kier alpha value is -0.740. The molecular formula is C10H13NO2S. The van der Waals surface area contributed by atoms with E-state index in [9.17, 15) is 4.79 Å². The van der Waals surface area contributed by atoms with Gasteiger partial charge in [0.2, 0.25) is 5.78 Å². The third-order valence-electron chi connectivity index (χ3n) is 2.40. The highest BCUT2D eigenvalue weighted by Crippen LogP contribution is 2.22. The molecule has 14 heavy (non-hydrogen) atoms. The second kappa shape index (κ2) is 3.79. The van der Waals surface area contributed by atoms with Gasteiger partial charge in [0.05, 0.1) is 11.1 Å². The van der Waals surface area contributed by atoms with Crippen LogP contribution >= 0.6 is 11.3 Å². The van der Waals surface area contributed by atoms with Crippen LogP contribution in [0.2, 0.25) is 0 Å². The summed E-state index contributed by atoms with van der Waals surface area (Å²) >= 11 is 1.50. The number of carbonyl (C=O) groups is 1. The first kappa shape index (κ1) is 9.80. The summed E-state index contributed by atoms with van der Waals surface area (Å²) in [5.41, 5.74) is 0.562. The van der Waals surface area contributed by atoms with E-state index in [-0.39, 0.29) is 18.0 Å². The Labute approximate surface area is 87.1 Å². The summed E-state index contributed by atoms with van der Waals surface area (Å²) in [4.78, 5) is 16.0. The number of Topliss-reactive ketones (excluding diaryl/α,β-unsaturated/α-hetero) is 1. The maximum absolute atomic E-state index is 11.8. The van der Waals surface area contributed by atoms with E-state index in [0.29, 0.717) is 5.69 Å². The number of nitrogens with zero attached hydrogens (tertiary/aromatic N) is 1. The van der Waals surface area contributed by atoms with Crippen molar-refractivity contribution in [2.24, 2.45) is 0 Å². The molecule has 1 aromatic rings. The molecule has 0 N–H and O–H groups in total. The number of hydrogen-bond acceptors (Lipinski definition) is 4. The molecule has 4 heteroatoms. The van der Waals surface area contributed by atoms with Crippen LogP contribution in [-0.2, 0) is 4.74 Å². The lowest BCUT2D eigenvalue weighted by molar-refractivity contribution is 0.0429. The van der Waals surface area contributed by atoms with Crippen molar-refractivity contribution in [2.75, 3.05) is 0 Å². The summed E-state index contributed by atoms with van der Waals surface area (Å²) in [5, 5.41) is 2.74. The maximum atomic E-state index is 11.8. The van der Waals surface area contributed by atoms with Crippen molar-refractivity contribution in [1.29, 1.82) is 0 Å². The molecule has 0 aliphatic carbocycles. The highest BCUT2D eigenvalue weighted by molar-refractivity contribution is 7.09. The zero-order valence-electron chi connectivity index (χ0n) is 8.32. The van der Waals surface area contributed by atoms with Crippen molar-refractivity contribution in [3.05, 3.63) is 16.1 Å². The van der Waals surface area contributed by atoms with Crippen molar-refractivity contribution < 1.29 is 9.53 Å². The number of carbonyl (C=O) groups excluding carboxylic acids is 1. The third kappa shape index (κ3) is 1.86. The molecule has 2 rings (SSSR count). The zero-order chi connectivity index (χ0) is 10.1. The summed E-state index contributed by atoms with van der Waals surface area (Å²) in [7, 11) is 0. The average Bonchev–Trinajstić information content (AvgIpc) is 2.73. The molecule has 1 aromatic heterocycles. The Morgan fingerprint density at radius 2 is 2.43 bits per heavy atom. The average molecular weight is 211 g/mol. The fourth-order valence-corrected chi connectivity index (χ4v) is 2.24. The number of ketones is 1. The van der Waals surface area contributed by atoms with Gasteiger partial charge in [-0.05, 0) is 26.7 Å². The van der Waals surface area contributed by atoms with Crippen LogP contribution < -0.4 is 0 Å². The zero-order valence-corrected chi connectivity index (χ0v) is 9.13. The van der Waals surface area contributed by atoms with E-state index in [2.05, 4.69) is 4.98 Å². The first-order chi connectivity index (χ1) is 6.66. The summed E-state index contributed by atoms with van der Waals surface area (Å²) in [6, 6.07) is 0. The largest absolute Gasteiger partial charge is 0.367 e. The van der Waals surface area contributed by atoms with Crippen LogP contribution in [0.4, 0.5) is 0 Å². The van der Waals surface area contributed by atoms with E-state index >= 15 is 0 Å². The molecule has 0 amide bonds. The molecule has 0 bridgehead atoms. The van der Waals surface area contributed by atoms with Crippen molar-refractivity contribution in [2.45, 2.75) is 38.9 Å². The van der Waals surface area contributed by atoms with Crippen molar-refractivity contribution in [3.63, 3.8) is 0 Å². The molecule has 0 spiro atoms. The Morgan fingerprint density at radius 3 is 2.93 bits per heavy atom. The van der Waals surface area contributed by atoms with E-state index in [1.54, 1.807) is 0 Å². The normalized spacial score (nSPS) is 26.7. The van der Waals surface area contributed by atoms with E-state index in [0.717, 1.165) is 17.8 Å². The van der Waals surface area contributed by atoms with E-state index in [1.165, 1.54) is 11.3 Å². The Kier molecular flexibility index (Phi) is 2.65. The minimum atomic E-state index is -0.258. The topological polar surface area (TPSA) is 39.2 Å². The predicted octanol–water partition coefficient (Wildman–Crippen LogP) is 2.20. The quantitative estimate of drug-likeness (QED) is 0.704. The van der Waals surface area contributed by atoms with Gasteiger partial charge in [-0.3, -0.25) is 4.79 Å². The van der Waals surface area contributed by atoms with Crippen LogP contribution in [0.1, 0.15) is 35.3 Å². The molecule has 76 valence electrons. The molecule has 0 radical (unpaired) electrons. The van der Waals surface area contributed by atoms with Gasteiger partial charge in [-0.25, -0.2) is 4.98 Å². The van der Waals surface area contributed by atoms with Crippen molar-refractivity contribution in [3.8, 4) is 0 Å². The summed E-state index contributed by atoms with van der Waals surface area (Å²) < 4.78 is 5.50. The van der Waals surface area contributed by atoms with Gasteiger partial charge in [0.15, 0.2) is 0 Å². The van der Waals surface area contributed by atoms with Gasteiger partial charge < -0.3 is 4.74 Å². The number of rotatable bonds is 2. The van der Waals surface area contributed by atoms with Gasteiger partial charge in [-0.2, -0.15) is 0 Å². The van der Waals surface area contributed by atoms with E-state index in [4.69, 9.17) is 4.74 Å². The second-order valence-corrected chi connectivity index (χ2v) is 4.69. The Bertz CT molecular complexity index is 348. The predicted molar refractivity (Wildman–Crippen MR) is 54.8 cm³/mol. The van der Waals surface area contributed by atoms with Crippen LogP contribution in [-0.4, -0.2) is 23.0 Å². The SMILES string of the molecule is Cc1nc(C(=O)C2CCC(C)O2)cs1. The van der Waals surface area contributed by atoms with Crippen LogP contribution in [0.3, 0.4) is 0 Å². The molecular weight excluding hydrogens is 198 g/mol. The van der Waals surface area contributed by atoms with Crippen molar-refractivity contribution >= 4 is 17.1 Å². The van der Waals surface area contributed by atoms with Crippen LogP contribution in [0, 0.1) is 6.92 Å². The maximum Gasteiger partial charge on any atom is 0.210 e. The van der Waals surface area contributed by atoms with E-state index in [1.807, 2.05) is 19.2 Å². The minimum absolute atomic E-state index is 0.0405. The highest BCUT2D eigenvalue weighted by Gasteiger charge is 2.29. The summed E-state index contributed by atoms with van der Waals surface area (Å²) in [6.07, 6.45) is 1.76. The van der Waals surface area contributed by atoms with Gasteiger partial charge in [0.25, 0.3) is 0 Å². The molecule has 1 aliphatic heterocycles. The van der Waals surface area contributed by atoms with Crippen molar-refractivity contribution in [1.82, 2.24) is 4.98 Å². The molecule has 1 fully saturated rings. The van der Waals surface area contributed by atoms with Gasteiger partial charge in [-0.15, -0.1) is 11.3 Å². The third-order valence-corrected chi connectivity index (χ3v) is 3.17. The lowest BCUT2D eigenvalue weighted by atomic mass is 10.1. The molecule has 2 unspecified atom stereocenters. The number of thiazole rings is 1. The smallest absolute Gasteiger partial charge is 0.210 e. The fourth-order valence-electron chi connectivity index (χ4n) is 1.64. The lowest BCUT2D eigenvalue weighted by Crippen LogP contribution is -2.21. The monoisotopic (exact) mass is 211 g/mol. The van der Waals surface area contributed by atoms with Gasteiger partial charge in [0, 0.05) is 5.38 Å². The van der Waals surface area contributed by atoms with E-state index < -0.39 is 0 Å². The first-order valence-corrected chi connectivity index (χ1v) is 5.66. The number of ether oxygens (including phenoxy) is 1. The van der Waals surface area contributed by atoms with Crippen LogP contribution in [0.5, 0.6) is 0 Å². The Balaban J connectivity index is 2.09. The first-order valence-electron chi connectivity index (χ1n) is 4.78. The number of aromatic nitrogens is 1. The Morgan fingerprint density at radius 1 is 1.64 bits per heavy atom. The molecule has 2 atom stereocenters.